The van der Waals surface area contributed by atoms with Crippen molar-refractivity contribution in [1.29, 1.82) is 0 Å². The second kappa shape index (κ2) is 3.30. The second-order valence-corrected chi connectivity index (χ2v) is 3.93. The van der Waals surface area contributed by atoms with Gasteiger partial charge in [-0.05, 0) is 24.6 Å². The summed E-state index contributed by atoms with van der Waals surface area (Å²) in [5.74, 6) is -0.821. The molecule has 1 N–H and O–H groups in total. The minimum absolute atomic E-state index is 0.386. The highest BCUT2D eigenvalue weighted by atomic mass is 19.1. The molecule has 84 valence electrons. The zero-order valence-electron chi connectivity index (χ0n) is 8.95. The van der Waals surface area contributed by atoms with E-state index in [2.05, 4.69) is 5.32 Å². The van der Waals surface area contributed by atoms with Gasteiger partial charge in [0.15, 0.2) is 0 Å². The third-order valence-electron chi connectivity index (χ3n) is 2.80. The van der Waals surface area contributed by atoms with Crippen LogP contribution in [0.3, 0.4) is 0 Å². The number of nitrogens with one attached hydrogen (secondary N) is 1. The number of halogens is 1. The molecule has 1 heterocycles. The van der Waals surface area contributed by atoms with Gasteiger partial charge < -0.3 is 5.32 Å². The van der Waals surface area contributed by atoms with Gasteiger partial charge in [0.2, 0.25) is 0 Å². The molecule has 0 saturated carbocycles. The van der Waals surface area contributed by atoms with Crippen LogP contribution in [0.4, 0.5) is 9.18 Å². The SMILES string of the molecule is CN1C(=O)N[C@](C)(c2cccc(F)c2)C1=O. The Morgan fingerprint density at radius 2 is 2.06 bits per heavy atom. The molecule has 3 amide bonds. The largest absolute Gasteiger partial charge is 0.325 e. The molecule has 16 heavy (non-hydrogen) atoms. The number of carbonyl (C=O) groups is 2. The summed E-state index contributed by atoms with van der Waals surface area (Å²) in [7, 11) is 1.39. The highest BCUT2D eigenvalue weighted by Crippen LogP contribution is 2.28. The molecule has 0 aromatic heterocycles. The first-order valence-electron chi connectivity index (χ1n) is 4.81. The van der Waals surface area contributed by atoms with Crippen molar-refractivity contribution in [3.05, 3.63) is 35.6 Å². The van der Waals surface area contributed by atoms with Gasteiger partial charge in [-0.3, -0.25) is 9.69 Å². The smallest absolute Gasteiger partial charge is 0.319 e. The van der Waals surface area contributed by atoms with Crippen LogP contribution in [0.2, 0.25) is 0 Å². The summed E-state index contributed by atoms with van der Waals surface area (Å²) < 4.78 is 13.1. The molecule has 1 aromatic carbocycles. The van der Waals surface area contributed by atoms with Gasteiger partial charge in [0.1, 0.15) is 11.4 Å². The van der Waals surface area contributed by atoms with Crippen LogP contribution in [0, 0.1) is 5.82 Å². The second-order valence-electron chi connectivity index (χ2n) is 3.93. The van der Waals surface area contributed by atoms with Crippen molar-refractivity contribution in [3.8, 4) is 0 Å². The van der Waals surface area contributed by atoms with Gasteiger partial charge in [-0.25, -0.2) is 9.18 Å². The molecular weight excluding hydrogens is 211 g/mol. The maximum Gasteiger partial charge on any atom is 0.325 e. The Hall–Kier alpha value is -1.91. The predicted molar refractivity (Wildman–Crippen MR) is 55.1 cm³/mol. The fraction of sp³-hybridized carbons (Fsp3) is 0.273. The molecule has 1 aliphatic rings. The Balaban J connectivity index is 2.48. The number of hydrogen-bond donors (Lipinski definition) is 1. The number of urea groups is 1. The van der Waals surface area contributed by atoms with Crippen LogP contribution >= 0.6 is 0 Å². The minimum atomic E-state index is -1.17. The number of amides is 3. The van der Waals surface area contributed by atoms with Gasteiger partial charge in [0.05, 0.1) is 0 Å². The third-order valence-corrected chi connectivity index (χ3v) is 2.80. The quantitative estimate of drug-likeness (QED) is 0.726. The van der Waals surface area contributed by atoms with E-state index in [9.17, 15) is 14.0 Å². The standard InChI is InChI=1S/C11H11FN2O2/c1-11(7-4-3-5-8(12)6-7)9(15)14(2)10(16)13-11/h3-6H,1-2H3,(H,13,16)/t11-/m1/s1. The number of imide groups is 1. The first kappa shape index (κ1) is 10.6. The molecular formula is C11H11FN2O2. The molecule has 1 aliphatic heterocycles. The first-order chi connectivity index (χ1) is 7.45. The topological polar surface area (TPSA) is 49.4 Å². The maximum absolute atomic E-state index is 13.1. The predicted octanol–water partition coefficient (Wildman–Crippen LogP) is 1.22. The zero-order chi connectivity index (χ0) is 11.9. The lowest BCUT2D eigenvalue weighted by Gasteiger charge is -2.21. The first-order valence-corrected chi connectivity index (χ1v) is 4.81. The van der Waals surface area contributed by atoms with Gasteiger partial charge in [-0.1, -0.05) is 12.1 Å². The summed E-state index contributed by atoms with van der Waals surface area (Å²) in [6.45, 7) is 1.56. The summed E-state index contributed by atoms with van der Waals surface area (Å²) in [4.78, 5) is 24.2. The third kappa shape index (κ3) is 1.36. The molecule has 1 saturated heterocycles. The number of hydrogen-bond acceptors (Lipinski definition) is 2. The Bertz CT molecular complexity index is 475. The van der Waals surface area contributed by atoms with E-state index in [0.29, 0.717) is 5.56 Å². The van der Waals surface area contributed by atoms with Gasteiger partial charge in [0, 0.05) is 7.05 Å². The normalized spacial score (nSPS) is 24.8. The van der Waals surface area contributed by atoms with Crippen molar-refractivity contribution in [1.82, 2.24) is 10.2 Å². The summed E-state index contributed by atoms with van der Waals surface area (Å²) in [5.41, 5.74) is -0.733. The van der Waals surface area contributed by atoms with Crippen LogP contribution in [0.25, 0.3) is 0 Å². The number of likely N-dealkylation sites (N-methyl/N-ethyl adjacent to an activating group) is 1. The summed E-state index contributed by atoms with van der Waals surface area (Å²) in [6.07, 6.45) is 0. The fourth-order valence-electron chi connectivity index (χ4n) is 1.77. The highest BCUT2D eigenvalue weighted by molar-refractivity contribution is 6.06. The molecule has 0 radical (unpaired) electrons. The van der Waals surface area contributed by atoms with Crippen LogP contribution in [0.1, 0.15) is 12.5 Å². The van der Waals surface area contributed by atoms with Crippen LogP contribution in [-0.2, 0) is 10.3 Å². The molecule has 1 atom stereocenters. The van der Waals surface area contributed by atoms with E-state index in [1.807, 2.05) is 0 Å². The van der Waals surface area contributed by atoms with Crippen LogP contribution in [0.5, 0.6) is 0 Å². The summed E-state index contributed by atoms with van der Waals surface area (Å²) in [6, 6.07) is 5.18. The fourth-order valence-corrected chi connectivity index (χ4v) is 1.77. The van der Waals surface area contributed by atoms with E-state index < -0.39 is 17.4 Å². The Morgan fingerprint density at radius 3 is 2.56 bits per heavy atom. The van der Waals surface area contributed by atoms with Crippen molar-refractivity contribution in [2.45, 2.75) is 12.5 Å². The van der Waals surface area contributed by atoms with Crippen molar-refractivity contribution in [3.63, 3.8) is 0 Å². The minimum Gasteiger partial charge on any atom is -0.319 e. The van der Waals surface area contributed by atoms with Crippen molar-refractivity contribution >= 4 is 11.9 Å². The van der Waals surface area contributed by atoms with Crippen molar-refractivity contribution < 1.29 is 14.0 Å². The molecule has 1 aromatic rings. The van der Waals surface area contributed by atoms with Crippen LogP contribution in [-0.4, -0.2) is 23.9 Å². The number of benzene rings is 1. The molecule has 0 aliphatic carbocycles. The molecule has 2 rings (SSSR count). The van der Waals surface area contributed by atoms with Crippen molar-refractivity contribution in [2.75, 3.05) is 7.05 Å². The van der Waals surface area contributed by atoms with Crippen LogP contribution in [0.15, 0.2) is 24.3 Å². The lowest BCUT2D eigenvalue weighted by atomic mass is 9.92. The van der Waals surface area contributed by atoms with Crippen molar-refractivity contribution in [2.24, 2.45) is 0 Å². The van der Waals surface area contributed by atoms with E-state index >= 15 is 0 Å². The van der Waals surface area contributed by atoms with Gasteiger partial charge >= 0.3 is 6.03 Å². The average Bonchev–Trinajstić information content (AvgIpc) is 2.44. The number of carbonyl (C=O) groups excluding carboxylic acids is 2. The van der Waals surface area contributed by atoms with Crippen LogP contribution < -0.4 is 5.32 Å². The van der Waals surface area contributed by atoms with Gasteiger partial charge in [-0.2, -0.15) is 0 Å². The molecule has 0 unspecified atom stereocenters. The number of nitrogens with zero attached hydrogens (tertiary/aromatic N) is 1. The lowest BCUT2D eigenvalue weighted by molar-refractivity contribution is -0.130. The molecule has 5 heteroatoms. The maximum atomic E-state index is 13.1. The van der Waals surface area contributed by atoms with E-state index in [1.165, 1.54) is 25.2 Å². The van der Waals surface area contributed by atoms with Gasteiger partial charge in [0.25, 0.3) is 5.91 Å². The summed E-state index contributed by atoms with van der Waals surface area (Å²) in [5, 5.41) is 2.54. The zero-order valence-corrected chi connectivity index (χ0v) is 8.95. The molecule has 0 bridgehead atoms. The molecule has 0 spiro atoms. The van der Waals surface area contributed by atoms with E-state index in [-0.39, 0.29) is 5.91 Å². The Labute approximate surface area is 92.0 Å². The average molecular weight is 222 g/mol. The Kier molecular flexibility index (Phi) is 2.18. The van der Waals surface area contributed by atoms with E-state index in [1.54, 1.807) is 13.0 Å². The monoisotopic (exact) mass is 222 g/mol. The van der Waals surface area contributed by atoms with Gasteiger partial charge in [-0.15, -0.1) is 0 Å². The van der Waals surface area contributed by atoms with E-state index in [0.717, 1.165) is 4.90 Å². The molecule has 4 nitrogen and oxygen atoms in total. The Morgan fingerprint density at radius 1 is 1.38 bits per heavy atom. The number of rotatable bonds is 1. The summed E-state index contributed by atoms with van der Waals surface area (Å²) >= 11 is 0. The highest BCUT2D eigenvalue weighted by Gasteiger charge is 2.47. The van der Waals surface area contributed by atoms with E-state index in [4.69, 9.17) is 0 Å². The lowest BCUT2D eigenvalue weighted by Crippen LogP contribution is -2.40. The molecule has 1 fully saturated rings.